The minimum Gasteiger partial charge on any atom is -0.359 e. The van der Waals surface area contributed by atoms with Crippen LogP contribution in [0.2, 0.25) is 0 Å². The van der Waals surface area contributed by atoms with E-state index in [1.165, 1.54) is 23.8 Å². The fraction of sp³-hybridized carbons (Fsp3) is 0.400. The number of aromatic nitrogens is 1. The molecule has 0 spiro atoms. The fourth-order valence-corrected chi connectivity index (χ4v) is 2.77. The molecular weight excluding hydrogens is 288 g/mol. The molecule has 0 saturated heterocycles. The van der Waals surface area contributed by atoms with E-state index >= 15 is 0 Å². The highest BCUT2D eigenvalue weighted by atomic mass is 79.9. The number of fused-ring (bicyclic) bond motifs is 1. The predicted molar refractivity (Wildman–Crippen MR) is 80.4 cm³/mol. The molecule has 0 aliphatic heterocycles. The van der Waals surface area contributed by atoms with Gasteiger partial charge in [-0.15, -0.1) is 0 Å². The highest BCUT2D eigenvalue weighted by Crippen LogP contribution is 2.32. The molecule has 3 heteroatoms. The lowest BCUT2D eigenvalue weighted by Crippen LogP contribution is -2.22. The van der Waals surface area contributed by atoms with Gasteiger partial charge in [0.15, 0.2) is 0 Å². The Balaban J connectivity index is 2.01. The van der Waals surface area contributed by atoms with Crippen molar-refractivity contribution in [2.24, 2.45) is 5.92 Å². The molecule has 2 aromatic rings. The smallest absolute Gasteiger partial charge is 0.133 e. The van der Waals surface area contributed by atoms with Gasteiger partial charge in [0.05, 0.1) is 5.52 Å². The maximum atomic E-state index is 4.82. The number of nitrogens with zero attached hydrogens (tertiary/aromatic N) is 2. The molecule has 94 valence electrons. The zero-order valence-corrected chi connectivity index (χ0v) is 12.2. The van der Waals surface area contributed by atoms with Crippen molar-refractivity contribution in [1.82, 2.24) is 4.98 Å². The van der Waals surface area contributed by atoms with Crippen LogP contribution in [0.1, 0.15) is 18.4 Å². The molecule has 0 N–H and O–H groups in total. The minimum atomic E-state index is 0.856. The second-order valence-electron chi connectivity index (χ2n) is 5.12. The van der Waals surface area contributed by atoms with E-state index in [1.807, 2.05) is 6.07 Å². The van der Waals surface area contributed by atoms with Gasteiger partial charge in [-0.25, -0.2) is 4.98 Å². The van der Waals surface area contributed by atoms with Crippen molar-refractivity contribution in [3.8, 4) is 0 Å². The Bertz CT molecular complexity index is 563. The maximum Gasteiger partial charge on any atom is 0.133 e. The van der Waals surface area contributed by atoms with E-state index in [9.17, 15) is 0 Å². The van der Waals surface area contributed by atoms with Gasteiger partial charge in [0.1, 0.15) is 5.82 Å². The Hall–Kier alpha value is -1.09. The Morgan fingerprint density at radius 2 is 2.11 bits per heavy atom. The molecule has 0 amide bonds. The van der Waals surface area contributed by atoms with Crippen molar-refractivity contribution in [3.63, 3.8) is 0 Å². The van der Waals surface area contributed by atoms with Crippen LogP contribution in [0.15, 0.2) is 30.3 Å². The summed E-state index contributed by atoms with van der Waals surface area (Å²) in [6.07, 6.45) is 2.75. The molecule has 0 unspecified atom stereocenters. The molecule has 0 bridgehead atoms. The number of benzene rings is 1. The van der Waals surface area contributed by atoms with Crippen LogP contribution in [0.25, 0.3) is 10.9 Å². The van der Waals surface area contributed by atoms with E-state index in [4.69, 9.17) is 4.98 Å². The third-order valence-electron chi connectivity index (χ3n) is 3.51. The maximum absolute atomic E-state index is 4.82. The fourth-order valence-electron chi connectivity index (χ4n) is 2.35. The summed E-state index contributed by atoms with van der Waals surface area (Å²) in [5.74, 6) is 2.00. The first-order chi connectivity index (χ1) is 8.78. The summed E-state index contributed by atoms with van der Waals surface area (Å²) in [6.45, 7) is 1.13. The van der Waals surface area contributed by atoms with Crippen molar-refractivity contribution < 1.29 is 0 Å². The van der Waals surface area contributed by atoms with Gasteiger partial charge in [-0.05, 0) is 30.9 Å². The number of para-hydroxylation sites is 1. The second kappa shape index (κ2) is 4.88. The molecule has 0 radical (unpaired) electrons. The lowest BCUT2D eigenvalue weighted by Gasteiger charge is -2.21. The van der Waals surface area contributed by atoms with E-state index in [1.54, 1.807) is 0 Å². The number of anilines is 1. The zero-order valence-electron chi connectivity index (χ0n) is 10.6. The number of hydrogen-bond acceptors (Lipinski definition) is 2. The van der Waals surface area contributed by atoms with Crippen LogP contribution in [-0.2, 0) is 5.33 Å². The van der Waals surface area contributed by atoms with E-state index in [0.717, 1.165) is 29.1 Å². The molecule has 1 fully saturated rings. The van der Waals surface area contributed by atoms with Gasteiger partial charge in [-0.2, -0.15) is 0 Å². The van der Waals surface area contributed by atoms with Crippen LogP contribution < -0.4 is 4.90 Å². The summed E-state index contributed by atoms with van der Waals surface area (Å²) < 4.78 is 0. The van der Waals surface area contributed by atoms with E-state index in [-0.39, 0.29) is 0 Å². The van der Waals surface area contributed by atoms with Gasteiger partial charge in [-0.3, -0.25) is 0 Å². The lowest BCUT2D eigenvalue weighted by atomic mass is 10.1. The molecule has 2 nitrogen and oxygen atoms in total. The largest absolute Gasteiger partial charge is 0.359 e. The van der Waals surface area contributed by atoms with Crippen LogP contribution >= 0.6 is 15.9 Å². The average Bonchev–Trinajstić information content (AvgIpc) is 3.21. The van der Waals surface area contributed by atoms with E-state index in [0.29, 0.717) is 0 Å². The molecule has 1 heterocycles. The molecule has 18 heavy (non-hydrogen) atoms. The highest BCUT2D eigenvalue weighted by molar-refractivity contribution is 9.08. The summed E-state index contributed by atoms with van der Waals surface area (Å²) in [6, 6.07) is 10.6. The standard InChI is InChI=1S/C15H17BrN2/c1-18(10-11-6-7-11)15-13(9-16)8-12-4-2-3-5-14(12)17-15/h2-5,8,11H,6-7,9-10H2,1H3. The van der Waals surface area contributed by atoms with Gasteiger partial charge in [0.2, 0.25) is 0 Å². The first-order valence-corrected chi connectivity index (χ1v) is 7.56. The summed E-state index contributed by atoms with van der Waals surface area (Å²) >= 11 is 3.58. The Labute approximate surface area is 116 Å². The molecule has 1 aliphatic rings. The van der Waals surface area contributed by atoms with Crippen molar-refractivity contribution in [2.75, 3.05) is 18.5 Å². The van der Waals surface area contributed by atoms with Crippen molar-refractivity contribution in [1.29, 1.82) is 0 Å². The zero-order chi connectivity index (χ0) is 12.5. The van der Waals surface area contributed by atoms with E-state index < -0.39 is 0 Å². The number of halogens is 1. The average molecular weight is 305 g/mol. The summed E-state index contributed by atoms with van der Waals surface area (Å²) in [7, 11) is 2.15. The summed E-state index contributed by atoms with van der Waals surface area (Å²) in [4.78, 5) is 7.13. The number of hydrogen-bond donors (Lipinski definition) is 0. The van der Waals surface area contributed by atoms with Crippen LogP contribution in [0.4, 0.5) is 5.82 Å². The minimum absolute atomic E-state index is 0.856. The van der Waals surface area contributed by atoms with Crippen LogP contribution in [0, 0.1) is 5.92 Å². The van der Waals surface area contributed by atoms with Gasteiger partial charge < -0.3 is 4.90 Å². The Morgan fingerprint density at radius 1 is 1.33 bits per heavy atom. The molecule has 1 aromatic heterocycles. The topological polar surface area (TPSA) is 16.1 Å². The van der Waals surface area contributed by atoms with Crippen LogP contribution in [-0.4, -0.2) is 18.6 Å². The monoisotopic (exact) mass is 304 g/mol. The second-order valence-corrected chi connectivity index (χ2v) is 5.68. The van der Waals surface area contributed by atoms with Gasteiger partial charge in [0, 0.05) is 29.9 Å². The number of rotatable bonds is 4. The lowest BCUT2D eigenvalue weighted by molar-refractivity contribution is 0.776. The van der Waals surface area contributed by atoms with Gasteiger partial charge in [0.25, 0.3) is 0 Å². The Kier molecular flexibility index (Phi) is 3.25. The van der Waals surface area contributed by atoms with Crippen molar-refractivity contribution in [2.45, 2.75) is 18.2 Å². The number of pyridine rings is 1. The quantitative estimate of drug-likeness (QED) is 0.794. The van der Waals surface area contributed by atoms with Crippen LogP contribution in [0.5, 0.6) is 0 Å². The van der Waals surface area contributed by atoms with Crippen molar-refractivity contribution >= 4 is 32.7 Å². The predicted octanol–water partition coefficient (Wildman–Crippen LogP) is 3.98. The first-order valence-electron chi connectivity index (χ1n) is 6.43. The third-order valence-corrected chi connectivity index (χ3v) is 4.12. The molecule has 1 aliphatic carbocycles. The summed E-state index contributed by atoms with van der Waals surface area (Å²) in [5, 5.41) is 2.07. The molecule has 3 rings (SSSR count). The molecular formula is C15H17BrN2. The van der Waals surface area contributed by atoms with Gasteiger partial charge in [-0.1, -0.05) is 34.1 Å². The van der Waals surface area contributed by atoms with E-state index in [2.05, 4.69) is 52.1 Å². The number of alkyl halides is 1. The molecule has 0 atom stereocenters. The Morgan fingerprint density at radius 3 is 2.83 bits per heavy atom. The highest BCUT2D eigenvalue weighted by Gasteiger charge is 2.24. The molecule has 1 saturated carbocycles. The third kappa shape index (κ3) is 2.37. The first kappa shape index (κ1) is 12.0. The summed E-state index contributed by atoms with van der Waals surface area (Å²) in [5.41, 5.74) is 2.36. The van der Waals surface area contributed by atoms with Gasteiger partial charge >= 0.3 is 0 Å². The van der Waals surface area contributed by atoms with Crippen molar-refractivity contribution in [3.05, 3.63) is 35.9 Å². The van der Waals surface area contributed by atoms with Crippen LogP contribution in [0.3, 0.4) is 0 Å². The normalized spacial score (nSPS) is 15.0. The SMILES string of the molecule is CN(CC1CC1)c1nc2ccccc2cc1CBr. The molecule has 1 aromatic carbocycles.